The van der Waals surface area contributed by atoms with Crippen LogP contribution >= 0.6 is 0 Å². The highest BCUT2D eigenvalue weighted by Crippen LogP contribution is 2.45. The number of nitro benzene ring substituents is 1. The van der Waals surface area contributed by atoms with Crippen molar-refractivity contribution in [1.29, 1.82) is 0 Å². The van der Waals surface area contributed by atoms with Gasteiger partial charge in [0, 0.05) is 17.7 Å². The number of benzene rings is 1. The van der Waals surface area contributed by atoms with E-state index in [4.69, 9.17) is 4.42 Å². The van der Waals surface area contributed by atoms with E-state index in [1.54, 1.807) is 12.1 Å². The number of amides is 1. The molecule has 1 aromatic carbocycles. The number of carbonyl (C=O) groups excluding carboxylic acids is 1. The third kappa shape index (κ3) is 3.09. The van der Waals surface area contributed by atoms with E-state index in [1.807, 2.05) is 0 Å². The van der Waals surface area contributed by atoms with Gasteiger partial charge >= 0.3 is 0 Å². The minimum atomic E-state index is -1.22. The summed E-state index contributed by atoms with van der Waals surface area (Å²) in [4.78, 5) is 22.3. The molecule has 1 atom stereocenters. The molecule has 1 aliphatic rings. The third-order valence-electron chi connectivity index (χ3n) is 4.06. The first-order valence-electron chi connectivity index (χ1n) is 7.30. The standard InChI is InChI=1S/C16H16N2O5/c19-15(11-3-7-13(8-4-11)18(21)22)17-10-16(20,12-5-6-12)14-2-1-9-23-14/h1-4,7-9,12,20H,5-6,10H2,(H,17,19). The quantitative estimate of drug-likeness (QED) is 0.628. The fraction of sp³-hybridized carbons (Fsp3) is 0.312. The van der Waals surface area contributed by atoms with E-state index in [0.29, 0.717) is 11.3 Å². The topological polar surface area (TPSA) is 106 Å². The lowest BCUT2D eigenvalue weighted by atomic mass is 9.94. The number of hydrogen-bond acceptors (Lipinski definition) is 5. The lowest BCUT2D eigenvalue weighted by Crippen LogP contribution is -2.42. The van der Waals surface area contributed by atoms with Crippen molar-refractivity contribution in [2.45, 2.75) is 18.4 Å². The number of nitrogens with zero attached hydrogens (tertiary/aromatic N) is 1. The average Bonchev–Trinajstić information content (AvgIpc) is 3.27. The summed E-state index contributed by atoms with van der Waals surface area (Å²) in [7, 11) is 0. The molecule has 1 amide bonds. The molecular formula is C16H16N2O5. The van der Waals surface area contributed by atoms with E-state index in [2.05, 4.69) is 5.32 Å². The summed E-state index contributed by atoms with van der Waals surface area (Å²) in [5.41, 5.74) is -1.00. The summed E-state index contributed by atoms with van der Waals surface area (Å²) in [6, 6.07) is 8.70. The zero-order chi connectivity index (χ0) is 16.4. The summed E-state index contributed by atoms with van der Waals surface area (Å²) >= 11 is 0. The molecule has 0 bridgehead atoms. The molecule has 0 saturated heterocycles. The minimum absolute atomic E-state index is 0.0288. The first-order chi connectivity index (χ1) is 11.0. The molecule has 0 aliphatic heterocycles. The number of nitro groups is 1. The van der Waals surface area contributed by atoms with Crippen molar-refractivity contribution in [3.63, 3.8) is 0 Å². The van der Waals surface area contributed by atoms with Crippen molar-refractivity contribution in [2.24, 2.45) is 5.92 Å². The predicted molar refractivity (Wildman–Crippen MR) is 80.8 cm³/mol. The van der Waals surface area contributed by atoms with E-state index in [0.717, 1.165) is 12.8 Å². The number of non-ortho nitro benzene ring substituents is 1. The molecule has 120 valence electrons. The van der Waals surface area contributed by atoms with E-state index < -0.39 is 16.4 Å². The zero-order valence-electron chi connectivity index (χ0n) is 12.3. The Kier molecular flexibility index (Phi) is 3.87. The van der Waals surface area contributed by atoms with Gasteiger partial charge in [-0.05, 0) is 43.0 Å². The Bertz CT molecular complexity index is 707. The molecule has 7 heteroatoms. The van der Waals surface area contributed by atoms with Crippen molar-refractivity contribution < 1.29 is 19.2 Å². The Morgan fingerprint density at radius 2 is 2.04 bits per heavy atom. The number of rotatable bonds is 6. The Morgan fingerprint density at radius 3 is 2.57 bits per heavy atom. The van der Waals surface area contributed by atoms with Crippen LogP contribution in [-0.4, -0.2) is 22.5 Å². The second-order valence-electron chi connectivity index (χ2n) is 5.66. The predicted octanol–water partition coefficient (Wildman–Crippen LogP) is 2.22. The largest absolute Gasteiger partial charge is 0.466 e. The summed E-state index contributed by atoms with van der Waals surface area (Å²) in [6.45, 7) is 0.0288. The summed E-state index contributed by atoms with van der Waals surface area (Å²) in [5, 5.41) is 24.1. The SMILES string of the molecule is O=C(NCC(O)(c1ccco1)C1CC1)c1ccc([N+](=O)[O-])cc1. The molecule has 1 fully saturated rings. The van der Waals surface area contributed by atoms with Crippen LogP contribution < -0.4 is 5.32 Å². The van der Waals surface area contributed by atoms with E-state index >= 15 is 0 Å². The molecule has 7 nitrogen and oxygen atoms in total. The molecule has 0 spiro atoms. The van der Waals surface area contributed by atoms with Gasteiger partial charge in [-0.3, -0.25) is 14.9 Å². The molecule has 1 unspecified atom stereocenters. The Hall–Kier alpha value is -2.67. The lowest BCUT2D eigenvalue weighted by Gasteiger charge is -2.26. The average molecular weight is 316 g/mol. The van der Waals surface area contributed by atoms with Crippen LogP contribution in [-0.2, 0) is 5.60 Å². The molecule has 0 radical (unpaired) electrons. The van der Waals surface area contributed by atoms with Crippen LogP contribution in [0.15, 0.2) is 47.1 Å². The van der Waals surface area contributed by atoms with Gasteiger partial charge in [0.2, 0.25) is 0 Å². The van der Waals surface area contributed by atoms with Crippen molar-refractivity contribution in [3.8, 4) is 0 Å². The first-order valence-corrected chi connectivity index (χ1v) is 7.30. The molecule has 23 heavy (non-hydrogen) atoms. The molecule has 2 N–H and O–H groups in total. The summed E-state index contributed by atoms with van der Waals surface area (Å²) in [6.07, 6.45) is 3.25. The third-order valence-corrected chi connectivity index (χ3v) is 4.06. The maximum absolute atomic E-state index is 12.2. The van der Waals surface area contributed by atoms with Gasteiger partial charge in [-0.2, -0.15) is 0 Å². The van der Waals surface area contributed by atoms with Gasteiger partial charge in [0.25, 0.3) is 11.6 Å². The number of carbonyl (C=O) groups is 1. The highest BCUT2D eigenvalue weighted by Gasteiger charge is 2.47. The normalized spacial score (nSPS) is 16.6. The van der Waals surface area contributed by atoms with Gasteiger partial charge in [0.05, 0.1) is 17.7 Å². The van der Waals surface area contributed by atoms with E-state index in [1.165, 1.54) is 30.5 Å². The van der Waals surface area contributed by atoms with Gasteiger partial charge in [0.15, 0.2) is 0 Å². The van der Waals surface area contributed by atoms with Crippen LogP contribution in [0.1, 0.15) is 29.0 Å². The Balaban J connectivity index is 1.69. The Labute approximate surface area is 132 Å². The Morgan fingerprint density at radius 1 is 1.35 bits per heavy atom. The number of nitrogens with one attached hydrogen (secondary N) is 1. The fourth-order valence-electron chi connectivity index (χ4n) is 2.57. The minimum Gasteiger partial charge on any atom is -0.466 e. The lowest BCUT2D eigenvalue weighted by molar-refractivity contribution is -0.384. The first kappa shape index (κ1) is 15.2. The van der Waals surface area contributed by atoms with Crippen molar-refractivity contribution in [1.82, 2.24) is 5.32 Å². The van der Waals surface area contributed by atoms with Crippen LogP contribution in [0.25, 0.3) is 0 Å². The fourth-order valence-corrected chi connectivity index (χ4v) is 2.57. The molecule has 2 aromatic rings. The molecule has 1 heterocycles. The van der Waals surface area contributed by atoms with Crippen molar-refractivity contribution in [3.05, 3.63) is 64.1 Å². The number of hydrogen-bond donors (Lipinski definition) is 2. The number of aliphatic hydroxyl groups is 1. The highest BCUT2D eigenvalue weighted by atomic mass is 16.6. The van der Waals surface area contributed by atoms with Gasteiger partial charge in [-0.15, -0.1) is 0 Å². The van der Waals surface area contributed by atoms with Gasteiger partial charge in [0.1, 0.15) is 11.4 Å². The maximum atomic E-state index is 12.2. The van der Waals surface area contributed by atoms with Crippen LogP contribution in [0.5, 0.6) is 0 Å². The second-order valence-corrected chi connectivity index (χ2v) is 5.66. The number of furan rings is 1. The zero-order valence-corrected chi connectivity index (χ0v) is 12.3. The molecule has 1 saturated carbocycles. The smallest absolute Gasteiger partial charge is 0.269 e. The highest BCUT2D eigenvalue weighted by molar-refractivity contribution is 5.94. The van der Waals surface area contributed by atoms with Crippen LogP contribution in [0.3, 0.4) is 0 Å². The summed E-state index contributed by atoms with van der Waals surface area (Å²) < 4.78 is 5.30. The van der Waals surface area contributed by atoms with Crippen molar-refractivity contribution in [2.75, 3.05) is 6.54 Å². The summed E-state index contributed by atoms with van der Waals surface area (Å²) in [5.74, 6) is 0.0975. The van der Waals surface area contributed by atoms with Crippen LogP contribution in [0.2, 0.25) is 0 Å². The van der Waals surface area contributed by atoms with Crippen molar-refractivity contribution >= 4 is 11.6 Å². The van der Waals surface area contributed by atoms with Gasteiger partial charge in [-0.1, -0.05) is 0 Å². The van der Waals surface area contributed by atoms with Gasteiger partial charge in [-0.25, -0.2) is 0 Å². The van der Waals surface area contributed by atoms with Crippen LogP contribution in [0, 0.1) is 16.0 Å². The monoisotopic (exact) mass is 316 g/mol. The van der Waals surface area contributed by atoms with E-state index in [-0.39, 0.29) is 18.2 Å². The second kappa shape index (κ2) is 5.85. The molecular weight excluding hydrogens is 300 g/mol. The molecule has 1 aromatic heterocycles. The van der Waals surface area contributed by atoms with E-state index in [9.17, 15) is 20.0 Å². The molecule has 3 rings (SSSR count). The van der Waals surface area contributed by atoms with Crippen LogP contribution in [0.4, 0.5) is 5.69 Å². The van der Waals surface area contributed by atoms with Gasteiger partial charge < -0.3 is 14.8 Å². The maximum Gasteiger partial charge on any atom is 0.269 e. The molecule has 1 aliphatic carbocycles.